The smallest absolute Gasteiger partial charge is 0.00127 e. The molecule has 1 N–H and O–H groups in total. The summed E-state index contributed by atoms with van der Waals surface area (Å²) in [6, 6.07) is 0. The Kier molecular flexibility index (Phi) is 11.2. The van der Waals surface area contributed by atoms with Crippen molar-refractivity contribution in [2.24, 2.45) is 0 Å². The second-order valence-electron chi connectivity index (χ2n) is 2.26. The number of rotatable bonds is 4. The maximum atomic E-state index is 3.10. The summed E-state index contributed by atoms with van der Waals surface area (Å²) in [4.78, 5) is 2.19. The van der Waals surface area contributed by atoms with E-state index in [1.807, 2.05) is 7.05 Å². The summed E-state index contributed by atoms with van der Waals surface area (Å²) in [7, 11) is 6.17. The van der Waals surface area contributed by atoms with Gasteiger partial charge in [0.2, 0.25) is 0 Å². The van der Waals surface area contributed by atoms with Crippen molar-refractivity contribution >= 4 is 9.90 Å². The number of hydrogen-bond acceptors (Lipinski definition) is 2. The topological polar surface area (TPSA) is 15.3 Å². The van der Waals surface area contributed by atoms with Crippen molar-refractivity contribution in [2.45, 2.75) is 6.42 Å². The normalized spacial score (nSPS) is 9.33. The molecule has 0 bridgehead atoms. The van der Waals surface area contributed by atoms with E-state index in [4.69, 9.17) is 0 Å². The molecule has 0 saturated carbocycles. The summed E-state index contributed by atoms with van der Waals surface area (Å²) >= 11 is 0. The van der Waals surface area contributed by atoms with Gasteiger partial charge in [-0.05, 0) is 40.7 Å². The van der Waals surface area contributed by atoms with Gasteiger partial charge in [0.05, 0.1) is 0 Å². The molecule has 0 saturated heterocycles. The van der Waals surface area contributed by atoms with Crippen molar-refractivity contribution in [3.05, 3.63) is 0 Å². The molecule has 0 aliphatic rings. The fourth-order valence-corrected chi connectivity index (χ4v) is 0.572. The molecule has 1 unspecified atom stereocenters. The highest BCUT2D eigenvalue weighted by molar-refractivity contribution is 6.92. The molecule has 0 aromatic carbocycles. The van der Waals surface area contributed by atoms with Crippen LogP contribution in [0.1, 0.15) is 6.42 Å². The quantitative estimate of drug-likeness (QED) is 0.455. The van der Waals surface area contributed by atoms with Crippen LogP contribution in [0.25, 0.3) is 0 Å². The molecule has 0 fully saturated rings. The minimum absolute atomic E-state index is 0. The first-order valence-electron chi connectivity index (χ1n) is 3.06. The van der Waals surface area contributed by atoms with Gasteiger partial charge in [-0.1, -0.05) is 0 Å². The molecule has 1 atom stereocenters. The van der Waals surface area contributed by atoms with E-state index in [-0.39, 0.29) is 9.90 Å². The zero-order valence-electron chi connectivity index (χ0n) is 6.78. The van der Waals surface area contributed by atoms with E-state index in [0.717, 1.165) is 6.54 Å². The lowest BCUT2D eigenvalue weighted by atomic mass is 10.4. The Morgan fingerprint density at radius 1 is 1.33 bits per heavy atom. The van der Waals surface area contributed by atoms with Gasteiger partial charge in [0.25, 0.3) is 0 Å². The van der Waals surface area contributed by atoms with Crippen LogP contribution in [0.5, 0.6) is 0 Å². The summed E-state index contributed by atoms with van der Waals surface area (Å²) in [6.07, 6.45) is 1.24. The van der Waals surface area contributed by atoms with Gasteiger partial charge in [-0.3, -0.25) is 0 Å². The van der Waals surface area contributed by atoms with Crippen LogP contribution in [0.4, 0.5) is 0 Å². The third-order valence-electron chi connectivity index (χ3n) is 1.03. The van der Waals surface area contributed by atoms with Crippen LogP contribution in [0.15, 0.2) is 0 Å². The average Bonchev–Trinajstić information content (AvgIpc) is 1.66. The molecule has 0 aromatic heterocycles. The van der Waals surface area contributed by atoms with Crippen molar-refractivity contribution in [3.8, 4) is 0 Å². The van der Waals surface area contributed by atoms with Crippen LogP contribution < -0.4 is 5.32 Å². The summed E-state index contributed by atoms with van der Waals surface area (Å²) in [6.45, 7) is 2.30. The van der Waals surface area contributed by atoms with Crippen LogP contribution in [-0.2, 0) is 0 Å². The molecule has 0 spiro atoms. The zero-order valence-corrected chi connectivity index (χ0v) is 8.19. The first-order chi connectivity index (χ1) is 3.77. The monoisotopic (exact) mass is 150 g/mol. The minimum Gasteiger partial charge on any atom is -0.320 e. The highest BCUT2D eigenvalue weighted by Crippen LogP contribution is 1.78. The molecule has 0 aromatic rings. The van der Waals surface area contributed by atoms with E-state index in [2.05, 4.69) is 24.3 Å². The minimum atomic E-state index is 0. The van der Waals surface area contributed by atoms with Crippen LogP contribution >= 0.6 is 9.90 Å². The number of hydrogen-bond donors (Lipinski definition) is 1. The lowest BCUT2D eigenvalue weighted by Gasteiger charge is -2.07. The molecule has 0 amide bonds. The standard InChI is InChI=1S/C6H16N2.H3P/c1-7-5-4-6-8(2)3;/h7H,4-6H2,1-3H3;1H3. The average molecular weight is 150 g/mol. The fourth-order valence-electron chi connectivity index (χ4n) is 0.572. The fraction of sp³-hybridized carbons (Fsp3) is 1.00. The van der Waals surface area contributed by atoms with Crippen molar-refractivity contribution in [2.75, 3.05) is 34.2 Å². The SMILES string of the molecule is CNCCCN(C)C.P. The van der Waals surface area contributed by atoms with Gasteiger partial charge in [0.15, 0.2) is 0 Å². The van der Waals surface area contributed by atoms with Gasteiger partial charge in [-0.2, -0.15) is 9.90 Å². The molecule has 9 heavy (non-hydrogen) atoms. The molecule has 0 radical (unpaired) electrons. The molecular weight excluding hydrogens is 131 g/mol. The van der Waals surface area contributed by atoms with E-state index in [1.54, 1.807) is 0 Å². The van der Waals surface area contributed by atoms with Crippen LogP contribution in [0, 0.1) is 0 Å². The van der Waals surface area contributed by atoms with Gasteiger partial charge in [-0.25, -0.2) is 0 Å². The molecule has 0 rings (SSSR count). The molecule has 3 heteroatoms. The van der Waals surface area contributed by atoms with Gasteiger partial charge in [0.1, 0.15) is 0 Å². The number of nitrogens with zero attached hydrogens (tertiary/aromatic N) is 1. The third-order valence-corrected chi connectivity index (χ3v) is 1.03. The Morgan fingerprint density at radius 3 is 2.22 bits per heavy atom. The summed E-state index contributed by atoms with van der Waals surface area (Å²) in [5, 5.41) is 3.10. The number of nitrogens with one attached hydrogen (secondary N) is 1. The Morgan fingerprint density at radius 2 is 1.89 bits per heavy atom. The van der Waals surface area contributed by atoms with Crippen molar-refractivity contribution in [1.29, 1.82) is 0 Å². The molecule has 58 valence electrons. The predicted octanol–water partition coefficient (Wildman–Crippen LogP) is 0.216. The molecule has 2 nitrogen and oxygen atoms in total. The van der Waals surface area contributed by atoms with Crippen LogP contribution in [-0.4, -0.2) is 39.1 Å². The van der Waals surface area contributed by atoms with Gasteiger partial charge >= 0.3 is 0 Å². The van der Waals surface area contributed by atoms with Gasteiger partial charge < -0.3 is 10.2 Å². The Labute approximate surface area is 61.6 Å². The van der Waals surface area contributed by atoms with Crippen LogP contribution in [0.2, 0.25) is 0 Å². The van der Waals surface area contributed by atoms with E-state index in [1.165, 1.54) is 13.0 Å². The molecule has 0 aliphatic heterocycles. The van der Waals surface area contributed by atoms with E-state index < -0.39 is 0 Å². The third kappa shape index (κ3) is 11.8. The largest absolute Gasteiger partial charge is 0.320 e. The summed E-state index contributed by atoms with van der Waals surface area (Å²) in [5.41, 5.74) is 0. The molecule has 0 heterocycles. The Hall–Kier alpha value is 0.350. The van der Waals surface area contributed by atoms with Gasteiger partial charge in [-0.15, -0.1) is 0 Å². The summed E-state index contributed by atoms with van der Waals surface area (Å²) < 4.78 is 0. The Bertz CT molecular complexity index is 48.3. The van der Waals surface area contributed by atoms with Crippen LogP contribution in [0.3, 0.4) is 0 Å². The Balaban J connectivity index is 0. The first kappa shape index (κ1) is 12.1. The van der Waals surface area contributed by atoms with Crippen molar-refractivity contribution in [3.63, 3.8) is 0 Å². The highest BCUT2D eigenvalue weighted by atomic mass is 31.0. The van der Waals surface area contributed by atoms with Crippen molar-refractivity contribution in [1.82, 2.24) is 10.2 Å². The predicted molar refractivity (Wildman–Crippen MR) is 48.2 cm³/mol. The lowest BCUT2D eigenvalue weighted by molar-refractivity contribution is 0.397. The van der Waals surface area contributed by atoms with Gasteiger partial charge in [0, 0.05) is 0 Å². The van der Waals surface area contributed by atoms with Crippen molar-refractivity contribution < 1.29 is 0 Å². The second kappa shape index (κ2) is 8.35. The molecule has 0 aliphatic carbocycles. The highest BCUT2D eigenvalue weighted by Gasteiger charge is 1.85. The first-order valence-corrected chi connectivity index (χ1v) is 3.06. The zero-order chi connectivity index (χ0) is 6.41. The van der Waals surface area contributed by atoms with E-state index in [0.29, 0.717) is 0 Å². The van der Waals surface area contributed by atoms with E-state index >= 15 is 0 Å². The van der Waals surface area contributed by atoms with E-state index in [9.17, 15) is 0 Å². The lowest BCUT2D eigenvalue weighted by Crippen LogP contribution is -2.18. The summed E-state index contributed by atoms with van der Waals surface area (Å²) in [5.74, 6) is 0. The second-order valence-corrected chi connectivity index (χ2v) is 2.26. The maximum absolute atomic E-state index is 3.10. The molecular formula is C6H19N2P. The maximum Gasteiger partial charge on any atom is -0.00127 e.